The Kier molecular flexibility index (Phi) is 17.4. The normalized spacial score (nSPS) is 29.6. The van der Waals surface area contributed by atoms with E-state index < -0.39 is 119 Å². The zero-order valence-corrected chi connectivity index (χ0v) is 23.3. The molecule has 238 valence electrons. The predicted octanol–water partition coefficient (Wildman–Crippen LogP) is -5.28. The van der Waals surface area contributed by atoms with Crippen LogP contribution in [0.15, 0.2) is 0 Å². The largest absolute Gasteiger partial charge is 0.394 e. The molecule has 0 saturated carbocycles. The minimum Gasteiger partial charge on any atom is -0.394 e. The fourth-order valence-electron chi connectivity index (χ4n) is 3.69. The van der Waals surface area contributed by atoms with Gasteiger partial charge in [0.05, 0.1) is 45.2 Å². The first kappa shape index (κ1) is 37.2. The van der Waals surface area contributed by atoms with E-state index in [2.05, 4.69) is 18.2 Å². The maximum Gasteiger partial charge on any atom is 0.217 e. The Hall–Kier alpha value is -0.780. The van der Waals surface area contributed by atoms with E-state index in [0.717, 1.165) is 0 Å². The summed E-state index contributed by atoms with van der Waals surface area (Å²) in [5.74, 6) is -0.506. The molecule has 9 unspecified atom stereocenters. The summed E-state index contributed by atoms with van der Waals surface area (Å²) in [7, 11) is 0. The molecule has 0 bridgehead atoms. The molecule has 13 atom stereocenters. The van der Waals surface area contributed by atoms with Gasteiger partial charge < -0.3 is 75.0 Å². The Labute approximate surface area is 236 Å². The van der Waals surface area contributed by atoms with Crippen LogP contribution in [0.5, 0.6) is 0 Å². The number of aliphatic hydroxyl groups is 9. The molecule has 10 N–H and O–H groups in total. The van der Waals surface area contributed by atoms with Gasteiger partial charge in [0, 0.05) is 6.92 Å². The summed E-state index contributed by atoms with van der Waals surface area (Å²) in [5.41, 5.74) is 0. The molecule has 1 amide bonds. The lowest BCUT2D eigenvalue weighted by Crippen LogP contribution is -2.62. The number of ether oxygens (including phenoxy) is 5. The standard InChI is InChI=1S/C22H43NO16S/c1-9(29)14(6-26)35-21(13(31)5-25)38-19-17(32)16(8-28)37-22(18(19)33)34-10(2)15(7-27)36-20(39-40)12(4-24)23-11(3)30/h9-10,12-22,24-29,31-33,40H,4-8H2,1-3H3,(H,23,30)/t9-,10+,12+,13+,14?,15?,16?,17?,18?,19?,20?,21?,22?/m1/s1. The van der Waals surface area contributed by atoms with Crippen molar-refractivity contribution < 1.29 is 78.6 Å². The third-order valence-electron chi connectivity index (χ3n) is 6.02. The van der Waals surface area contributed by atoms with Gasteiger partial charge in [-0.1, -0.05) is 0 Å². The van der Waals surface area contributed by atoms with E-state index >= 15 is 0 Å². The van der Waals surface area contributed by atoms with Gasteiger partial charge in [0.2, 0.25) is 5.91 Å². The zero-order chi connectivity index (χ0) is 30.6. The number of aliphatic hydroxyl groups excluding tert-OH is 9. The van der Waals surface area contributed by atoms with Crippen LogP contribution >= 0.6 is 12.9 Å². The fraction of sp³-hybridized carbons (Fsp3) is 0.955. The van der Waals surface area contributed by atoms with Gasteiger partial charge in [0.1, 0.15) is 48.8 Å². The SMILES string of the molecule is CC(=O)N[C@@H](CO)C(OS)OC(CO)[C@H](C)OC1OC(CO)C(O)C(OC(OC(CO)[C@@H](C)O)[C@@H](O)CO)C1O. The number of carbonyl (C=O) groups excluding carboxylic acids is 1. The summed E-state index contributed by atoms with van der Waals surface area (Å²) >= 11 is 3.68. The maximum absolute atomic E-state index is 11.4. The number of carbonyl (C=O) groups is 1. The van der Waals surface area contributed by atoms with E-state index in [4.69, 9.17) is 27.9 Å². The van der Waals surface area contributed by atoms with Crippen LogP contribution in [0.25, 0.3) is 0 Å². The Morgan fingerprint density at radius 1 is 0.900 bits per heavy atom. The van der Waals surface area contributed by atoms with Gasteiger partial charge >= 0.3 is 0 Å². The maximum atomic E-state index is 11.4. The molecule has 0 radical (unpaired) electrons. The van der Waals surface area contributed by atoms with Crippen molar-refractivity contribution in [2.24, 2.45) is 0 Å². The van der Waals surface area contributed by atoms with Gasteiger partial charge in [-0.2, -0.15) is 0 Å². The summed E-state index contributed by atoms with van der Waals surface area (Å²) in [6.07, 6.45) is -17.9. The van der Waals surface area contributed by atoms with Gasteiger partial charge in [-0.25, -0.2) is 0 Å². The van der Waals surface area contributed by atoms with Crippen LogP contribution in [0.3, 0.4) is 0 Å². The van der Waals surface area contributed by atoms with E-state index in [1.165, 1.54) is 20.8 Å². The molecule has 0 aromatic rings. The predicted molar refractivity (Wildman–Crippen MR) is 134 cm³/mol. The highest BCUT2D eigenvalue weighted by Gasteiger charge is 2.48. The van der Waals surface area contributed by atoms with E-state index in [1.54, 1.807) is 0 Å². The number of amides is 1. The fourth-order valence-corrected chi connectivity index (χ4v) is 3.89. The second-order valence-corrected chi connectivity index (χ2v) is 9.40. The van der Waals surface area contributed by atoms with E-state index in [-0.39, 0.29) is 0 Å². The molecule has 1 fully saturated rings. The molecule has 17 nitrogen and oxygen atoms in total. The summed E-state index contributed by atoms with van der Waals surface area (Å²) in [6.45, 7) is 0.247. The highest BCUT2D eigenvalue weighted by molar-refractivity contribution is 7.75. The summed E-state index contributed by atoms with van der Waals surface area (Å²) < 4.78 is 32.5. The van der Waals surface area contributed by atoms with E-state index in [0.29, 0.717) is 0 Å². The van der Waals surface area contributed by atoms with Crippen molar-refractivity contribution in [3.05, 3.63) is 0 Å². The van der Waals surface area contributed by atoms with Gasteiger partial charge in [-0.3, -0.25) is 8.98 Å². The molecular formula is C22H43NO16S. The molecule has 0 spiro atoms. The van der Waals surface area contributed by atoms with Gasteiger partial charge in [-0.15, -0.1) is 0 Å². The number of rotatable bonds is 19. The van der Waals surface area contributed by atoms with Crippen molar-refractivity contribution in [1.29, 1.82) is 0 Å². The first-order chi connectivity index (χ1) is 18.9. The Morgan fingerprint density at radius 3 is 1.95 bits per heavy atom. The molecule has 0 aromatic heterocycles. The molecule has 40 heavy (non-hydrogen) atoms. The van der Waals surface area contributed by atoms with Gasteiger partial charge in [0.15, 0.2) is 18.9 Å². The minimum absolute atomic E-state index is 0.506. The van der Waals surface area contributed by atoms with E-state index in [1.807, 2.05) is 0 Å². The molecule has 0 aromatic carbocycles. The number of hydrogen-bond donors (Lipinski definition) is 11. The summed E-state index contributed by atoms with van der Waals surface area (Å²) in [4.78, 5) is 11.4. The first-order valence-corrected chi connectivity index (χ1v) is 12.9. The van der Waals surface area contributed by atoms with Crippen LogP contribution in [0, 0.1) is 0 Å². The average Bonchev–Trinajstić information content (AvgIpc) is 2.92. The lowest BCUT2D eigenvalue weighted by molar-refractivity contribution is -0.352. The van der Waals surface area contributed by atoms with Crippen LogP contribution in [0.4, 0.5) is 0 Å². The smallest absolute Gasteiger partial charge is 0.217 e. The van der Waals surface area contributed by atoms with Crippen LogP contribution in [0.2, 0.25) is 0 Å². The average molecular weight is 610 g/mol. The third-order valence-corrected chi connectivity index (χ3v) is 6.23. The van der Waals surface area contributed by atoms with Crippen molar-refractivity contribution >= 4 is 18.8 Å². The Balaban J connectivity index is 3.10. The summed E-state index contributed by atoms with van der Waals surface area (Å²) in [5, 5.41) is 91.9. The lowest BCUT2D eigenvalue weighted by Gasteiger charge is -2.44. The molecule has 1 aliphatic rings. The van der Waals surface area contributed by atoms with Gasteiger partial charge in [-0.05, 0) is 26.8 Å². The minimum atomic E-state index is -1.82. The zero-order valence-electron chi connectivity index (χ0n) is 22.4. The van der Waals surface area contributed by atoms with Gasteiger partial charge in [0.25, 0.3) is 0 Å². The Bertz CT molecular complexity index is 710. The topological polar surface area (TPSA) is 267 Å². The highest BCUT2D eigenvalue weighted by Crippen LogP contribution is 2.28. The monoisotopic (exact) mass is 609 g/mol. The van der Waals surface area contributed by atoms with Crippen molar-refractivity contribution in [2.45, 2.75) is 101 Å². The second kappa shape index (κ2) is 18.7. The van der Waals surface area contributed by atoms with E-state index in [9.17, 15) is 50.8 Å². The molecule has 1 rings (SSSR count). The highest BCUT2D eigenvalue weighted by atomic mass is 32.1. The molecule has 1 saturated heterocycles. The molecule has 0 aliphatic carbocycles. The second-order valence-electron chi connectivity index (χ2n) is 9.19. The van der Waals surface area contributed by atoms with Crippen LogP contribution in [-0.4, -0.2) is 165 Å². The number of nitrogens with one attached hydrogen (secondary N) is 1. The lowest BCUT2D eigenvalue weighted by atomic mass is 9.98. The van der Waals surface area contributed by atoms with Crippen LogP contribution in [0.1, 0.15) is 20.8 Å². The molecular weight excluding hydrogens is 566 g/mol. The Morgan fingerprint density at radius 2 is 1.50 bits per heavy atom. The van der Waals surface area contributed by atoms with Crippen molar-refractivity contribution in [3.63, 3.8) is 0 Å². The van der Waals surface area contributed by atoms with Crippen molar-refractivity contribution in [1.82, 2.24) is 5.32 Å². The molecule has 1 heterocycles. The van der Waals surface area contributed by atoms with Crippen molar-refractivity contribution in [2.75, 3.05) is 33.0 Å². The van der Waals surface area contributed by atoms with Crippen LogP contribution in [-0.2, 0) is 32.7 Å². The molecule has 18 heteroatoms. The van der Waals surface area contributed by atoms with Crippen molar-refractivity contribution in [3.8, 4) is 0 Å². The quantitative estimate of drug-likeness (QED) is 0.0371. The van der Waals surface area contributed by atoms with Crippen LogP contribution < -0.4 is 5.32 Å². The molecule has 1 aliphatic heterocycles. The third kappa shape index (κ3) is 10.8. The number of thiol groups is 1. The summed E-state index contributed by atoms with van der Waals surface area (Å²) in [6, 6.07) is -1.07. The number of hydrogen-bond acceptors (Lipinski definition) is 17. The first-order valence-electron chi connectivity index (χ1n) is 12.5.